The highest BCUT2D eigenvalue weighted by Crippen LogP contribution is 2.43. The van der Waals surface area contributed by atoms with Gasteiger partial charge in [0.2, 0.25) is 0 Å². The number of fused-ring (bicyclic) bond motifs is 1. The van der Waals surface area contributed by atoms with E-state index >= 15 is 0 Å². The molecule has 0 aliphatic heterocycles. The van der Waals surface area contributed by atoms with Gasteiger partial charge in [0.1, 0.15) is 11.4 Å². The van der Waals surface area contributed by atoms with Crippen LogP contribution in [0, 0.1) is 5.41 Å². The number of nitrogens with zero attached hydrogens (tertiary/aromatic N) is 1. The van der Waals surface area contributed by atoms with E-state index in [0.717, 1.165) is 23.9 Å². The molecule has 0 unspecified atom stereocenters. The molecule has 0 spiro atoms. The molecular weight excluding hydrogens is 264 g/mol. The Labute approximate surface area is 124 Å². The Morgan fingerprint density at radius 2 is 2.14 bits per heavy atom. The van der Waals surface area contributed by atoms with Crippen molar-refractivity contribution in [3.8, 4) is 0 Å². The first kappa shape index (κ1) is 13.9. The quantitative estimate of drug-likeness (QED) is 0.873. The number of benzene rings is 1. The summed E-state index contributed by atoms with van der Waals surface area (Å²) in [7, 11) is 0. The molecule has 110 valence electrons. The zero-order chi connectivity index (χ0) is 14.9. The van der Waals surface area contributed by atoms with Gasteiger partial charge in [-0.25, -0.2) is 9.78 Å². The van der Waals surface area contributed by atoms with Gasteiger partial charge in [0, 0.05) is 11.9 Å². The molecule has 1 heterocycles. The summed E-state index contributed by atoms with van der Waals surface area (Å²) in [6.07, 6.45) is 4.82. The van der Waals surface area contributed by atoms with E-state index in [4.69, 9.17) is 0 Å². The van der Waals surface area contributed by atoms with Crippen molar-refractivity contribution in [2.75, 3.05) is 11.9 Å². The first-order valence-corrected chi connectivity index (χ1v) is 7.50. The van der Waals surface area contributed by atoms with Gasteiger partial charge in [0.05, 0.1) is 5.52 Å². The molecule has 1 aliphatic carbocycles. The lowest BCUT2D eigenvalue weighted by atomic mass is 9.67. The fourth-order valence-corrected chi connectivity index (χ4v) is 3.02. The van der Waals surface area contributed by atoms with Crippen molar-refractivity contribution in [1.29, 1.82) is 0 Å². The Kier molecular flexibility index (Phi) is 3.53. The maximum atomic E-state index is 11.5. The number of carboxylic acids is 1. The molecule has 0 radical (unpaired) electrons. The lowest BCUT2D eigenvalue weighted by molar-refractivity contribution is 0.0697. The second-order valence-electron chi connectivity index (χ2n) is 5.94. The van der Waals surface area contributed by atoms with Crippen LogP contribution in [0.15, 0.2) is 30.3 Å². The Bertz CT molecular complexity index is 672. The highest BCUT2D eigenvalue weighted by atomic mass is 16.4. The molecule has 4 nitrogen and oxygen atoms in total. The number of pyridine rings is 1. The fourth-order valence-electron chi connectivity index (χ4n) is 3.02. The van der Waals surface area contributed by atoms with Gasteiger partial charge in [-0.05, 0) is 36.8 Å². The van der Waals surface area contributed by atoms with Crippen LogP contribution in [0.2, 0.25) is 0 Å². The Hall–Kier alpha value is -2.10. The molecule has 0 atom stereocenters. The minimum Gasteiger partial charge on any atom is -0.478 e. The monoisotopic (exact) mass is 284 g/mol. The van der Waals surface area contributed by atoms with Crippen molar-refractivity contribution in [3.63, 3.8) is 0 Å². The predicted octanol–water partition coefficient (Wildman–Crippen LogP) is 3.93. The van der Waals surface area contributed by atoms with Crippen molar-refractivity contribution in [3.05, 3.63) is 35.9 Å². The summed E-state index contributed by atoms with van der Waals surface area (Å²) in [5.74, 6) is -0.448. The van der Waals surface area contributed by atoms with E-state index in [-0.39, 0.29) is 5.56 Å². The molecule has 0 saturated heterocycles. The van der Waals surface area contributed by atoms with Crippen LogP contribution in [0.5, 0.6) is 0 Å². The summed E-state index contributed by atoms with van der Waals surface area (Å²) in [5.41, 5.74) is 1.40. The third kappa shape index (κ3) is 2.58. The van der Waals surface area contributed by atoms with Gasteiger partial charge in [0.15, 0.2) is 0 Å². The molecule has 1 fully saturated rings. The lowest BCUT2D eigenvalue weighted by Crippen LogP contribution is -2.36. The summed E-state index contributed by atoms with van der Waals surface area (Å²) in [6.45, 7) is 3.00. The summed E-state index contributed by atoms with van der Waals surface area (Å²) in [5, 5.41) is 13.5. The van der Waals surface area contributed by atoms with E-state index < -0.39 is 5.97 Å². The standard InChI is InChI=1S/C17H20N2O2/c1-2-17(8-5-9-17)11-18-15-13(16(20)21)10-12-6-3-4-7-14(12)19-15/h3-4,6-7,10H,2,5,8-9,11H2,1H3,(H,18,19)(H,20,21). The third-order valence-electron chi connectivity index (χ3n) is 4.75. The number of aromatic carboxylic acids is 1. The summed E-state index contributed by atoms with van der Waals surface area (Å²) >= 11 is 0. The summed E-state index contributed by atoms with van der Waals surface area (Å²) in [4.78, 5) is 16.0. The number of hydrogen-bond acceptors (Lipinski definition) is 3. The van der Waals surface area contributed by atoms with Gasteiger partial charge in [-0.1, -0.05) is 31.5 Å². The van der Waals surface area contributed by atoms with Crippen molar-refractivity contribution >= 4 is 22.7 Å². The zero-order valence-corrected chi connectivity index (χ0v) is 12.2. The van der Waals surface area contributed by atoms with E-state index in [1.807, 2.05) is 24.3 Å². The van der Waals surface area contributed by atoms with E-state index in [1.54, 1.807) is 6.07 Å². The number of para-hydroxylation sites is 1. The zero-order valence-electron chi connectivity index (χ0n) is 12.2. The second kappa shape index (κ2) is 5.35. The van der Waals surface area contributed by atoms with E-state index in [2.05, 4.69) is 17.2 Å². The van der Waals surface area contributed by atoms with Gasteiger partial charge in [0.25, 0.3) is 0 Å². The first-order valence-electron chi connectivity index (χ1n) is 7.50. The van der Waals surface area contributed by atoms with Crippen LogP contribution >= 0.6 is 0 Å². The van der Waals surface area contributed by atoms with Gasteiger partial charge >= 0.3 is 5.97 Å². The predicted molar refractivity (Wildman–Crippen MR) is 83.8 cm³/mol. The average Bonchev–Trinajstić information content (AvgIpc) is 2.45. The van der Waals surface area contributed by atoms with Crippen LogP contribution in [0.4, 0.5) is 5.82 Å². The number of carboxylic acid groups (broad SMARTS) is 1. The Balaban J connectivity index is 1.92. The maximum Gasteiger partial charge on any atom is 0.339 e. The summed E-state index contributed by atoms with van der Waals surface area (Å²) < 4.78 is 0. The van der Waals surface area contributed by atoms with E-state index in [1.165, 1.54) is 19.3 Å². The highest BCUT2D eigenvalue weighted by Gasteiger charge is 2.35. The lowest BCUT2D eigenvalue weighted by Gasteiger charge is -2.41. The molecule has 2 aromatic rings. The smallest absolute Gasteiger partial charge is 0.339 e. The normalized spacial score (nSPS) is 16.4. The first-order chi connectivity index (χ1) is 10.1. The number of carbonyl (C=O) groups is 1. The molecule has 1 aromatic heterocycles. The highest BCUT2D eigenvalue weighted by molar-refractivity contribution is 5.98. The molecule has 2 N–H and O–H groups in total. The molecule has 1 saturated carbocycles. The van der Waals surface area contributed by atoms with Crippen LogP contribution in [0.3, 0.4) is 0 Å². The number of anilines is 1. The van der Waals surface area contributed by atoms with Gasteiger partial charge in [-0.3, -0.25) is 0 Å². The van der Waals surface area contributed by atoms with Crippen LogP contribution in [0.25, 0.3) is 10.9 Å². The Morgan fingerprint density at radius 3 is 2.76 bits per heavy atom. The Morgan fingerprint density at radius 1 is 1.38 bits per heavy atom. The fraction of sp³-hybridized carbons (Fsp3) is 0.412. The molecule has 21 heavy (non-hydrogen) atoms. The number of rotatable bonds is 5. The van der Waals surface area contributed by atoms with Crippen molar-refractivity contribution in [2.24, 2.45) is 5.41 Å². The van der Waals surface area contributed by atoms with Gasteiger partial charge in [-0.2, -0.15) is 0 Å². The van der Waals surface area contributed by atoms with E-state index in [9.17, 15) is 9.90 Å². The molecule has 1 aromatic carbocycles. The van der Waals surface area contributed by atoms with Crippen molar-refractivity contribution in [2.45, 2.75) is 32.6 Å². The number of hydrogen-bond donors (Lipinski definition) is 2. The van der Waals surface area contributed by atoms with Crippen LogP contribution in [0.1, 0.15) is 43.0 Å². The van der Waals surface area contributed by atoms with E-state index in [0.29, 0.717) is 11.2 Å². The molecule has 1 aliphatic rings. The van der Waals surface area contributed by atoms with Crippen molar-refractivity contribution < 1.29 is 9.90 Å². The maximum absolute atomic E-state index is 11.5. The molecular formula is C17H20N2O2. The molecule has 3 rings (SSSR count). The molecule has 4 heteroatoms. The van der Waals surface area contributed by atoms with Crippen molar-refractivity contribution in [1.82, 2.24) is 4.98 Å². The van der Waals surface area contributed by atoms with Gasteiger partial charge < -0.3 is 10.4 Å². The largest absolute Gasteiger partial charge is 0.478 e. The topological polar surface area (TPSA) is 62.2 Å². The molecule has 0 amide bonds. The third-order valence-corrected chi connectivity index (χ3v) is 4.75. The van der Waals surface area contributed by atoms with Gasteiger partial charge in [-0.15, -0.1) is 0 Å². The minimum absolute atomic E-state index is 0.249. The van der Waals surface area contributed by atoms with Crippen LogP contribution in [-0.2, 0) is 0 Å². The SMILES string of the molecule is CCC1(CNc2nc3ccccc3cc2C(=O)O)CCC1. The summed E-state index contributed by atoms with van der Waals surface area (Å²) in [6, 6.07) is 9.30. The van der Waals surface area contributed by atoms with Crippen LogP contribution < -0.4 is 5.32 Å². The second-order valence-corrected chi connectivity index (χ2v) is 5.94. The van der Waals surface area contributed by atoms with Crippen LogP contribution in [-0.4, -0.2) is 22.6 Å². The average molecular weight is 284 g/mol. The minimum atomic E-state index is -0.935. The number of nitrogens with one attached hydrogen (secondary N) is 1. The number of aromatic nitrogens is 1. The molecule has 0 bridgehead atoms.